The third kappa shape index (κ3) is 3.37. The molecule has 0 atom stereocenters. The molecule has 0 radical (unpaired) electrons. The van der Waals surface area contributed by atoms with Crippen molar-refractivity contribution in [2.24, 2.45) is 0 Å². The number of carbonyl (C=O) groups is 2. The van der Waals surface area contributed by atoms with Crippen LogP contribution in [0.25, 0.3) is 10.8 Å². The van der Waals surface area contributed by atoms with E-state index in [-0.39, 0.29) is 11.7 Å². The zero-order chi connectivity index (χ0) is 16.2. The number of aryl methyl sites for hydroxylation is 1. The van der Waals surface area contributed by atoms with Gasteiger partial charge in [0.25, 0.3) is 0 Å². The van der Waals surface area contributed by atoms with E-state index in [0.29, 0.717) is 17.0 Å². The minimum atomic E-state index is -0.352. The number of amides is 1. The van der Waals surface area contributed by atoms with Crippen LogP contribution in [0.15, 0.2) is 71.4 Å². The first-order chi connectivity index (χ1) is 11.1. The SMILES string of the molecule is Cc1cc(C(=O)/C=C/C(=O)Nc2cccc3ccccc23)co1. The second-order valence-corrected chi connectivity index (χ2v) is 5.16. The first kappa shape index (κ1) is 14.8. The molecule has 1 amide bonds. The molecule has 23 heavy (non-hydrogen) atoms. The Balaban J connectivity index is 1.74. The van der Waals surface area contributed by atoms with Gasteiger partial charge in [-0.05, 0) is 30.5 Å². The lowest BCUT2D eigenvalue weighted by molar-refractivity contribution is -0.111. The highest BCUT2D eigenvalue weighted by atomic mass is 16.3. The Labute approximate surface area is 133 Å². The smallest absolute Gasteiger partial charge is 0.248 e. The molecule has 2 aromatic carbocycles. The average molecular weight is 305 g/mol. The lowest BCUT2D eigenvalue weighted by Crippen LogP contribution is -2.09. The van der Waals surface area contributed by atoms with Crippen molar-refractivity contribution in [3.05, 3.63) is 78.3 Å². The summed E-state index contributed by atoms with van der Waals surface area (Å²) in [7, 11) is 0. The monoisotopic (exact) mass is 305 g/mol. The zero-order valence-corrected chi connectivity index (χ0v) is 12.6. The molecule has 0 aliphatic heterocycles. The number of anilines is 1. The van der Waals surface area contributed by atoms with Crippen LogP contribution in [0.5, 0.6) is 0 Å². The zero-order valence-electron chi connectivity index (χ0n) is 12.6. The Hall–Kier alpha value is -3.14. The molecule has 1 heterocycles. The van der Waals surface area contributed by atoms with Crippen LogP contribution >= 0.6 is 0 Å². The summed E-state index contributed by atoms with van der Waals surface area (Å²) in [6, 6.07) is 15.1. The van der Waals surface area contributed by atoms with Crippen LogP contribution in [0.2, 0.25) is 0 Å². The topological polar surface area (TPSA) is 59.3 Å². The van der Waals surface area contributed by atoms with E-state index in [1.54, 1.807) is 13.0 Å². The van der Waals surface area contributed by atoms with Crippen LogP contribution in [-0.4, -0.2) is 11.7 Å². The van der Waals surface area contributed by atoms with Crippen molar-refractivity contribution in [2.45, 2.75) is 6.92 Å². The van der Waals surface area contributed by atoms with Gasteiger partial charge < -0.3 is 9.73 Å². The summed E-state index contributed by atoms with van der Waals surface area (Å²) >= 11 is 0. The van der Waals surface area contributed by atoms with Gasteiger partial charge in [-0.15, -0.1) is 0 Å². The summed E-state index contributed by atoms with van der Waals surface area (Å²) in [6.45, 7) is 1.76. The molecule has 0 spiro atoms. The van der Waals surface area contributed by atoms with Gasteiger partial charge in [0.05, 0.1) is 5.56 Å². The van der Waals surface area contributed by atoms with Crippen molar-refractivity contribution in [1.29, 1.82) is 0 Å². The van der Waals surface area contributed by atoms with Crippen LogP contribution in [0, 0.1) is 6.92 Å². The van der Waals surface area contributed by atoms with E-state index in [9.17, 15) is 9.59 Å². The fraction of sp³-hybridized carbons (Fsp3) is 0.0526. The molecule has 114 valence electrons. The largest absolute Gasteiger partial charge is 0.469 e. The molecule has 0 fully saturated rings. The molecule has 0 aliphatic carbocycles. The number of allylic oxidation sites excluding steroid dienone is 1. The third-order valence-electron chi connectivity index (χ3n) is 3.45. The van der Waals surface area contributed by atoms with E-state index in [2.05, 4.69) is 5.32 Å². The molecule has 0 unspecified atom stereocenters. The normalized spacial score (nSPS) is 11.0. The Morgan fingerprint density at radius 3 is 2.61 bits per heavy atom. The molecule has 0 aliphatic rings. The summed E-state index contributed by atoms with van der Waals surface area (Å²) in [4.78, 5) is 23.9. The molecule has 1 N–H and O–H groups in total. The average Bonchev–Trinajstić information content (AvgIpc) is 2.99. The molecule has 4 nitrogen and oxygen atoms in total. The fourth-order valence-corrected chi connectivity index (χ4v) is 2.33. The van der Waals surface area contributed by atoms with Gasteiger partial charge in [0, 0.05) is 17.1 Å². The van der Waals surface area contributed by atoms with Gasteiger partial charge in [0.1, 0.15) is 12.0 Å². The van der Waals surface area contributed by atoms with Crippen molar-refractivity contribution < 1.29 is 14.0 Å². The maximum Gasteiger partial charge on any atom is 0.248 e. The first-order valence-corrected chi connectivity index (χ1v) is 7.20. The predicted octanol–water partition coefficient (Wildman–Crippen LogP) is 4.12. The minimum absolute atomic E-state index is 0.269. The molecular formula is C19H15NO3. The van der Waals surface area contributed by atoms with Crippen molar-refractivity contribution in [3.63, 3.8) is 0 Å². The van der Waals surface area contributed by atoms with Crippen molar-refractivity contribution in [2.75, 3.05) is 5.32 Å². The number of hydrogen-bond donors (Lipinski definition) is 1. The second kappa shape index (κ2) is 6.32. The van der Waals surface area contributed by atoms with E-state index in [1.165, 1.54) is 18.4 Å². The molecule has 3 aromatic rings. The highest BCUT2D eigenvalue weighted by Gasteiger charge is 2.07. The quantitative estimate of drug-likeness (QED) is 0.582. The number of rotatable bonds is 4. The number of carbonyl (C=O) groups excluding carboxylic acids is 2. The van der Waals surface area contributed by atoms with E-state index >= 15 is 0 Å². The van der Waals surface area contributed by atoms with Crippen LogP contribution in [0.4, 0.5) is 5.69 Å². The lowest BCUT2D eigenvalue weighted by Gasteiger charge is -2.06. The summed E-state index contributed by atoms with van der Waals surface area (Å²) in [5.41, 5.74) is 1.14. The van der Waals surface area contributed by atoms with Crippen LogP contribution in [-0.2, 0) is 4.79 Å². The molecule has 1 aromatic heterocycles. The van der Waals surface area contributed by atoms with Gasteiger partial charge in [-0.3, -0.25) is 9.59 Å². The predicted molar refractivity (Wildman–Crippen MR) is 89.5 cm³/mol. The van der Waals surface area contributed by atoms with Crippen molar-refractivity contribution in [1.82, 2.24) is 0 Å². The highest BCUT2D eigenvalue weighted by molar-refractivity contribution is 6.11. The van der Waals surface area contributed by atoms with Gasteiger partial charge in [0.15, 0.2) is 5.78 Å². The number of hydrogen-bond acceptors (Lipinski definition) is 3. The summed E-state index contributed by atoms with van der Waals surface area (Å²) in [5.74, 6) is 0.0341. The van der Waals surface area contributed by atoms with Crippen molar-refractivity contribution >= 4 is 28.2 Å². The molecule has 0 saturated heterocycles. The molecule has 3 rings (SSSR count). The summed E-state index contributed by atoms with van der Waals surface area (Å²) < 4.78 is 5.08. The van der Waals surface area contributed by atoms with Crippen molar-refractivity contribution in [3.8, 4) is 0 Å². The minimum Gasteiger partial charge on any atom is -0.469 e. The van der Waals surface area contributed by atoms with E-state index < -0.39 is 0 Å². The Morgan fingerprint density at radius 2 is 1.83 bits per heavy atom. The second-order valence-electron chi connectivity index (χ2n) is 5.16. The van der Waals surface area contributed by atoms with Gasteiger partial charge >= 0.3 is 0 Å². The summed E-state index contributed by atoms with van der Waals surface area (Å²) in [5, 5.41) is 4.79. The molecule has 0 saturated carbocycles. The first-order valence-electron chi connectivity index (χ1n) is 7.20. The molecule has 4 heteroatoms. The Bertz CT molecular complexity index is 900. The third-order valence-corrected chi connectivity index (χ3v) is 3.45. The number of nitrogens with one attached hydrogen (secondary N) is 1. The van der Waals surface area contributed by atoms with Gasteiger partial charge in [0.2, 0.25) is 5.91 Å². The molecule has 0 bridgehead atoms. The number of ketones is 1. The van der Waals surface area contributed by atoms with Crippen LogP contribution in [0.1, 0.15) is 16.1 Å². The fourth-order valence-electron chi connectivity index (χ4n) is 2.33. The summed E-state index contributed by atoms with van der Waals surface area (Å²) in [6.07, 6.45) is 3.85. The maximum absolute atomic E-state index is 12.0. The maximum atomic E-state index is 12.0. The Kier molecular flexibility index (Phi) is 4.06. The number of benzene rings is 2. The van der Waals surface area contributed by atoms with Crippen LogP contribution in [0.3, 0.4) is 0 Å². The van der Waals surface area contributed by atoms with Gasteiger partial charge in [-0.1, -0.05) is 36.4 Å². The standard InChI is InChI=1S/C19H15NO3/c1-13-11-15(12-23-13)18(21)9-10-19(22)20-17-8-4-6-14-5-2-3-7-16(14)17/h2-12H,1H3,(H,20,22)/b10-9+. The van der Waals surface area contributed by atoms with Gasteiger partial charge in [-0.2, -0.15) is 0 Å². The van der Waals surface area contributed by atoms with Gasteiger partial charge in [-0.25, -0.2) is 0 Å². The Morgan fingerprint density at radius 1 is 1.04 bits per heavy atom. The van der Waals surface area contributed by atoms with Crippen LogP contribution < -0.4 is 5.32 Å². The number of fused-ring (bicyclic) bond motifs is 1. The number of furan rings is 1. The highest BCUT2D eigenvalue weighted by Crippen LogP contribution is 2.22. The van der Waals surface area contributed by atoms with E-state index in [1.807, 2.05) is 42.5 Å². The lowest BCUT2D eigenvalue weighted by atomic mass is 10.1. The van der Waals surface area contributed by atoms with E-state index in [4.69, 9.17) is 4.42 Å². The molecular weight excluding hydrogens is 290 g/mol. The van der Waals surface area contributed by atoms with E-state index in [0.717, 1.165) is 10.8 Å².